The van der Waals surface area contributed by atoms with Gasteiger partial charge in [-0.3, -0.25) is 0 Å². The number of aliphatic hydroxyl groups is 1. The van der Waals surface area contributed by atoms with Gasteiger partial charge in [0.1, 0.15) is 11.3 Å². The first-order valence-electron chi connectivity index (χ1n) is 8.56. The van der Waals surface area contributed by atoms with E-state index in [9.17, 15) is 14.7 Å². The van der Waals surface area contributed by atoms with Crippen molar-refractivity contribution in [2.75, 3.05) is 20.3 Å². The largest absolute Gasteiger partial charge is 0.515 e. The Morgan fingerprint density at radius 2 is 1.74 bits per heavy atom. The van der Waals surface area contributed by atoms with Gasteiger partial charge in [0, 0.05) is 12.7 Å². The maximum Gasteiger partial charge on any atom is 0.343 e. The van der Waals surface area contributed by atoms with E-state index in [-0.39, 0.29) is 30.0 Å². The Hall–Kier alpha value is -3.22. The minimum atomic E-state index is -0.722. The third-order valence-corrected chi connectivity index (χ3v) is 3.85. The van der Waals surface area contributed by atoms with E-state index in [1.54, 1.807) is 37.8 Å². The fourth-order valence-electron chi connectivity index (χ4n) is 2.62. The average Bonchev–Trinajstić information content (AvgIpc) is 3.07. The van der Waals surface area contributed by atoms with Crippen LogP contribution in [0.15, 0.2) is 42.8 Å². The number of hydrogen-bond donors (Lipinski definition) is 1. The van der Waals surface area contributed by atoms with E-state index in [2.05, 4.69) is 0 Å². The molecule has 0 amide bonds. The molecular formula is C20H23NO6. The van der Waals surface area contributed by atoms with Crippen molar-refractivity contribution in [2.24, 2.45) is 0 Å². The molecule has 27 heavy (non-hydrogen) atoms. The summed E-state index contributed by atoms with van der Waals surface area (Å²) in [5.41, 5.74) is 1.23. The molecule has 1 aromatic carbocycles. The zero-order valence-corrected chi connectivity index (χ0v) is 15.6. The lowest BCUT2D eigenvalue weighted by atomic mass is 10.1. The van der Waals surface area contributed by atoms with Crippen LogP contribution in [0.4, 0.5) is 0 Å². The van der Waals surface area contributed by atoms with Gasteiger partial charge in [0.15, 0.2) is 0 Å². The van der Waals surface area contributed by atoms with Crippen molar-refractivity contribution < 1.29 is 28.9 Å². The SMILES string of the molecule is CCOC(=O)/C(=C/O)c1c(C(=O)OCC)ccn1Cc1ccc(OC)cc1. The second kappa shape index (κ2) is 9.47. The Morgan fingerprint density at radius 3 is 2.30 bits per heavy atom. The van der Waals surface area contributed by atoms with E-state index >= 15 is 0 Å². The number of aliphatic hydroxyl groups excluding tert-OH is 1. The summed E-state index contributed by atoms with van der Waals surface area (Å²) < 4.78 is 16.9. The van der Waals surface area contributed by atoms with Crippen LogP contribution in [0.1, 0.15) is 35.5 Å². The summed E-state index contributed by atoms with van der Waals surface area (Å²) in [5, 5.41) is 9.64. The monoisotopic (exact) mass is 373 g/mol. The van der Waals surface area contributed by atoms with Crippen LogP contribution >= 0.6 is 0 Å². The van der Waals surface area contributed by atoms with Crippen LogP contribution in [-0.4, -0.2) is 41.9 Å². The Balaban J connectivity index is 2.46. The second-order valence-corrected chi connectivity index (χ2v) is 5.54. The third kappa shape index (κ3) is 4.69. The Morgan fingerprint density at radius 1 is 1.07 bits per heavy atom. The lowest BCUT2D eigenvalue weighted by molar-refractivity contribution is -0.136. The molecule has 0 aliphatic carbocycles. The van der Waals surface area contributed by atoms with Gasteiger partial charge in [0.2, 0.25) is 0 Å². The van der Waals surface area contributed by atoms with Gasteiger partial charge in [-0.1, -0.05) is 12.1 Å². The molecule has 0 fully saturated rings. The molecular weight excluding hydrogens is 350 g/mol. The van der Waals surface area contributed by atoms with E-state index in [0.29, 0.717) is 12.8 Å². The Kier molecular flexibility index (Phi) is 7.05. The number of methoxy groups -OCH3 is 1. The van der Waals surface area contributed by atoms with Gasteiger partial charge < -0.3 is 23.9 Å². The van der Waals surface area contributed by atoms with Crippen molar-refractivity contribution in [3.05, 3.63) is 59.6 Å². The van der Waals surface area contributed by atoms with E-state index in [1.807, 2.05) is 24.3 Å². The zero-order chi connectivity index (χ0) is 19.8. The summed E-state index contributed by atoms with van der Waals surface area (Å²) in [5.74, 6) is -0.578. The third-order valence-electron chi connectivity index (χ3n) is 3.85. The molecule has 144 valence electrons. The summed E-state index contributed by atoms with van der Waals surface area (Å²) >= 11 is 0. The van der Waals surface area contributed by atoms with E-state index in [4.69, 9.17) is 14.2 Å². The van der Waals surface area contributed by atoms with E-state index in [0.717, 1.165) is 11.3 Å². The van der Waals surface area contributed by atoms with Gasteiger partial charge >= 0.3 is 11.9 Å². The molecule has 7 nitrogen and oxygen atoms in total. The first-order chi connectivity index (χ1) is 13.0. The van der Waals surface area contributed by atoms with Crippen molar-refractivity contribution in [1.82, 2.24) is 4.57 Å². The quantitative estimate of drug-likeness (QED) is 0.434. The highest BCUT2D eigenvalue weighted by molar-refractivity contribution is 6.18. The van der Waals surface area contributed by atoms with Crippen molar-refractivity contribution >= 4 is 17.5 Å². The highest BCUT2D eigenvalue weighted by atomic mass is 16.5. The molecule has 1 heterocycles. The minimum Gasteiger partial charge on any atom is -0.515 e. The van der Waals surface area contributed by atoms with Gasteiger partial charge in [-0.05, 0) is 37.6 Å². The fraction of sp³-hybridized carbons (Fsp3) is 0.300. The molecule has 0 saturated carbocycles. The summed E-state index contributed by atoms with van der Waals surface area (Å²) in [6.07, 6.45) is 2.31. The smallest absolute Gasteiger partial charge is 0.343 e. The van der Waals surface area contributed by atoms with Crippen molar-refractivity contribution in [1.29, 1.82) is 0 Å². The summed E-state index contributed by atoms with van der Waals surface area (Å²) in [7, 11) is 1.59. The lowest BCUT2D eigenvalue weighted by Gasteiger charge is -2.13. The van der Waals surface area contributed by atoms with Crippen LogP contribution in [-0.2, 0) is 20.8 Å². The minimum absolute atomic E-state index is 0.113. The maximum absolute atomic E-state index is 12.3. The predicted octanol–water partition coefficient (Wildman–Crippen LogP) is 3.18. The Bertz CT molecular complexity index is 819. The van der Waals surface area contributed by atoms with Gasteiger partial charge in [-0.25, -0.2) is 9.59 Å². The molecule has 0 unspecified atom stereocenters. The number of carbonyl (C=O) groups is 2. The number of nitrogens with zero attached hydrogens (tertiary/aromatic N) is 1. The topological polar surface area (TPSA) is 87.0 Å². The summed E-state index contributed by atoms with van der Waals surface area (Å²) in [6, 6.07) is 8.94. The summed E-state index contributed by atoms with van der Waals surface area (Å²) in [6.45, 7) is 4.06. The summed E-state index contributed by atoms with van der Waals surface area (Å²) in [4.78, 5) is 24.6. The number of ether oxygens (including phenoxy) is 3. The van der Waals surface area contributed by atoms with Crippen molar-refractivity contribution in [3.8, 4) is 5.75 Å². The van der Waals surface area contributed by atoms with Crippen LogP contribution in [0.25, 0.3) is 5.57 Å². The molecule has 0 saturated heterocycles. The maximum atomic E-state index is 12.3. The molecule has 0 atom stereocenters. The van der Waals surface area contributed by atoms with Crippen molar-refractivity contribution in [2.45, 2.75) is 20.4 Å². The molecule has 1 aromatic heterocycles. The normalized spacial score (nSPS) is 11.1. The Labute approximate surface area is 157 Å². The van der Waals surface area contributed by atoms with Crippen LogP contribution in [0.5, 0.6) is 5.75 Å². The number of esters is 2. The van der Waals surface area contributed by atoms with Crippen molar-refractivity contribution in [3.63, 3.8) is 0 Å². The number of carbonyl (C=O) groups excluding carboxylic acids is 2. The molecule has 0 bridgehead atoms. The lowest BCUT2D eigenvalue weighted by Crippen LogP contribution is -2.16. The second-order valence-electron chi connectivity index (χ2n) is 5.54. The van der Waals surface area contributed by atoms with Gasteiger partial charge in [-0.15, -0.1) is 0 Å². The molecule has 7 heteroatoms. The van der Waals surface area contributed by atoms with E-state index < -0.39 is 11.9 Å². The fourth-order valence-corrected chi connectivity index (χ4v) is 2.62. The standard InChI is InChI=1S/C20H23NO6/c1-4-26-19(23)16-10-11-21(12-14-6-8-15(25-3)9-7-14)18(16)17(13-22)20(24)27-5-2/h6-11,13,22H,4-5,12H2,1-3H3/b17-13+. The van der Waals surface area contributed by atoms with Crippen LogP contribution in [0, 0.1) is 0 Å². The highest BCUT2D eigenvalue weighted by Gasteiger charge is 2.25. The number of hydrogen-bond acceptors (Lipinski definition) is 6. The average molecular weight is 373 g/mol. The highest BCUT2D eigenvalue weighted by Crippen LogP contribution is 2.25. The number of benzene rings is 1. The van der Waals surface area contributed by atoms with Crippen LogP contribution in [0.3, 0.4) is 0 Å². The number of rotatable bonds is 8. The molecule has 2 aromatic rings. The van der Waals surface area contributed by atoms with E-state index in [1.165, 1.54) is 0 Å². The first kappa shape index (κ1) is 20.1. The predicted molar refractivity (Wildman–Crippen MR) is 99.7 cm³/mol. The molecule has 2 rings (SSSR count). The molecule has 1 N–H and O–H groups in total. The van der Waals surface area contributed by atoms with Gasteiger partial charge in [0.05, 0.1) is 37.8 Å². The van der Waals surface area contributed by atoms with Gasteiger partial charge in [0.25, 0.3) is 0 Å². The first-order valence-corrected chi connectivity index (χ1v) is 8.56. The van der Waals surface area contributed by atoms with Gasteiger partial charge in [-0.2, -0.15) is 0 Å². The molecule has 0 aliphatic rings. The number of aromatic nitrogens is 1. The molecule has 0 spiro atoms. The van der Waals surface area contributed by atoms with Crippen LogP contribution < -0.4 is 4.74 Å². The molecule has 0 radical (unpaired) electrons. The zero-order valence-electron chi connectivity index (χ0n) is 15.6. The molecule has 0 aliphatic heterocycles. The van der Waals surface area contributed by atoms with Crippen LogP contribution in [0.2, 0.25) is 0 Å².